The van der Waals surface area contributed by atoms with Crippen molar-refractivity contribution in [3.05, 3.63) is 41.2 Å². The van der Waals surface area contributed by atoms with Crippen LogP contribution in [0.1, 0.15) is 91.2 Å². The summed E-state index contributed by atoms with van der Waals surface area (Å²) in [5.41, 5.74) is 1.03. The lowest BCUT2D eigenvalue weighted by Crippen LogP contribution is -2.55. The third-order valence-corrected chi connectivity index (χ3v) is 9.21. The van der Waals surface area contributed by atoms with Gasteiger partial charge in [-0.3, -0.25) is 9.69 Å². The number of nitrogens with zero attached hydrogens (tertiary/aromatic N) is 3. The molecule has 2 heterocycles. The Morgan fingerprint density at radius 2 is 1.70 bits per heavy atom. The number of halogens is 1. The number of carbonyl (C=O) groups is 3. The molecule has 238 valence electrons. The number of hydrogen-bond acceptors (Lipinski definition) is 6. The molecule has 1 N–H and O–H groups in total. The maximum Gasteiger partial charge on any atom is 0.411 e. The van der Waals surface area contributed by atoms with E-state index >= 15 is 4.39 Å². The summed E-state index contributed by atoms with van der Waals surface area (Å²) in [4.78, 5) is 42.0. The molecule has 4 atom stereocenters. The van der Waals surface area contributed by atoms with Crippen molar-refractivity contribution in [1.82, 2.24) is 15.1 Å². The van der Waals surface area contributed by atoms with Gasteiger partial charge in [0.2, 0.25) is 5.91 Å². The van der Waals surface area contributed by atoms with Gasteiger partial charge in [-0.25, -0.2) is 14.0 Å². The highest BCUT2D eigenvalue weighted by atomic mass is 19.1. The van der Waals surface area contributed by atoms with E-state index in [4.69, 9.17) is 9.47 Å². The first-order valence-electron chi connectivity index (χ1n) is 15.8. The molecule has 1 aromatic carbocycles. The molecule has 2 saturated heterocycles. The largest absolute Gasteiger partial charge is 0.444 e. The Balaban J connectivity index is 1.18. The Hall–Kier alpha value is -3.61. The number of nitriles is 1. The van der Waals surface area contributed by atoms with E-state index in [1.165, 1.54) is 6.07 Å². The highest BCUT2D eigenvalue weighted by Gasteiger charge is 2.52. The van der Waals surface area contributed by atoms with Gasteiger partial charge in [0.05, 0.1) is 6.07 Å². The lowest BCUT2D eigenvalue weighted by molar-refractivity contribution is -0.128. The van der Waals surface area contributed by atoms with Crippen molar-refractivity contribution in [1.29, 1.82) is 5.26 Å². The Kier molecular flexibility index (Phi) is 8.47. The molecule has 3 fully saturated rings. The van der Waals surface area contributed by atoms with E-state index in [0.29, 0.717) is 18.7 Å². The van der Waals surface area contributed by atoms with Crippen molar-refractivity contribution in [2.45, 2.75) is 116 Å². The van der Waals surface area contributed by atoms with Gasteiger partial charge in [-0.2, -0.15) is 5.26 Å². The molecule has 4 aliphatic rings. The number of benzene rings is 1. The van der Waals surface area contributed by atoms with Crippen LogP contribution in [0.2, 0.25) is 0 Å². The van der Waals surface area contributed by atoms with Crippen molar-refractivity contribution >= 4 is 23.7 Å². The molecule has 4 unspecified atom stereocenters. The van der Waals surface area contributed by atoms with Crippen molar-refractivity contribution in [2.75, 3.05) is 13.1 Å². The smallest absolute Gasteiger partial charge is 0.411 e. The van der Waals surface area contributed by atoms with Gasteiger partial charge in [0, 0.05) is 25.6 Å². The minimum atomic E-state index is -0.941. The summed E-state index contributed by atoms with van der Waals surface area (Å²) in [6.45, 7) is 12.2. The van der Waals surface area contributed by atoms with E-state index in [9.17, 15) is 19.6 Å². The first kappa shape index (κ1) is 31.8. The number of nitrogens with one attached hydrogen (secondary N) is 1. The topological polar surface area (TPSA) is 112 Å². The lowest BCUT2D eigenvalue weighted by Gasteiger charge is -2.46. The normalized spacial score (nSPS) is 24.7. The number of amides is 3. The molecule has 44 heavy (non-hydrogen) atoms. The third-order valence-electron chi connectivity index (χ3n) is 9.21. The first-order chi connectivity index (χ1) is 20.6. The predicted molar refractivity (Wildman–Crippen MR) is 163 cm³/mol. The van der Waals surface area contributed by atoms with Gasteiger partial charge in [0.25, 0.3) is 0 Å². The van der Waals surface area contributed by atoms with Gasteiger partial charge in [0.1, 0.15) is 29.1 Å². The van der Waals surface area contributed by atoms with Crippen LogP contribution in [0, 0.1) is 28.5 Å². The molecule has 0 radical (unpaired) electrons. The van der Waals surface area contributed by atoms with Gasteiger partial charge in [-0.1, -0.05) is 18.2 Å². The van der Waals surface area contributed by atoms with Crippen molar-refractivity contribution in [3.8, 4) is 6.07 Å². The monoisotopic (exact) mass is 608 g/mol. The van der Waals surface area contributed by atoms with Crippen LogP contribution >= 0.6 is 0 Å². The van der Waals surface area contributed by atoms with Crippen LogP contribution in [0.25, 0.3) is 5.57 Å². The van der Waals surface area contributed by atoms with Crippen molar-refractivity contribution in [3.63, 3.8) is 0 Å². The van der Waals surface area contributed by atoms with Gasteiger partial charge in [-0.05, 0) is 114 Å². The van der Waals surface area contributed by atoms with Crippen LogP contribution in [0.4, 0.5) is 14.0 Å². The van der Waals surface area contributed by atoms with E-state index < -0.39 is 41.1 Å². The zero-order valence-electron chi connectivity index (χ0n) is 26.7. The summed E-state index contributed by atoms with van der Waals surface area (Å²) in [5.74, 6) is -0.797. The van der Waals surface area contributed by atoms with Crippen LogP contribution in [0.15, 0.2) is 24.3 Å². The molecule has 9 nitrogen and oxygen atoms in total. The minimum Gasteiger partial charge on any atom is -0.444 e. The van der Waals surface area contributed by atoms with Crippen molar-refractivity contribution in [2.24, 2.45) is 11.3 Å². The van der Waals surface area contributed by atoms with E-state index in [0.717, 1.165) is 49.7 Å². The van der Waals surface area contributed by atoms with Crippen LogP contribution in [-0.2, 0) is 20.7 Å². The van der Waals surface area contributed by atoms with Crippen LogP contribution in [0.3, 0.4) is 0 Å². The molecule has 3 amide bonds. The SMILES string of the molecule is CC(C)(C)OC(=O)N1CCC2(C=C(c3ccc(CC(C#N)NC(=O)C4C5CCC(C5)N4C(=O)OC(C)(C)C)c(F)c3)C2)CC1. The number of carbonyl (C=O) groups excluding carboxylic acids is 3. The van der Waals surface area contributed by atoms with Crippen LogP contribution in [0.5, 0.6) is 0 Å². The second kappa shape index (κ2) is 11.7. The number of rotatable bonds is 5. The average molecular weight is 609 g/mol. The molecule has 1 spiro atoms. The van der Waals surface area contributed by atoms with E-state index in [2.05, 4.69) is 17.5 Å². The predicted octanol–water partition coefficient (Wildman–Crippen LogP) is 5.97. The summed E-state index contributed by atoms with van der Waals surface area (Å²) in [6.07, 6.45) is 6.34. The molecular weight excluding hydrogens is 563 g/mol. The molecule has 5 rings (SSSR count). The van der Waals surface area contributed by atoms with Crippen molar-refractivity contribution < 1.29 is 28.2 Å². The Morgan fingerprint density at radius 1 is 1.07 bits per heavy atom. The Morgan fingerprint density at radius 3 is 2.30 bits per heavy atom. The van der Waals surface area contributed by atoms with E-state index in [-0.39, 0.29) is 29.9 Å². The molecule has 2 aliphatic carbocycles. The fourth-order valence-corrected chi connectivity index (χ4v) is 7.11. The molecule has 10 heteroatoms. The number of hydrogen-bond donors (Lipinski definition) is 1. The quantitative estimate of drug-likeness (QED) is 0.441. The summed E-state index contributed by atoms with van der Waals surface area (Å²) in [7, 11) is 0. The number of piperidine rings is 2. The fraction of sp³-hybridized carbons (Fsp3) is 0.647. The van der Waals surface area contributed by atoms with E-state index in [1.54, 1.807) is 36.6 Å². The molecule has 2 bridgehead atoms. The van der Waals surface area contributed by atoms with Gasteiger partial charge in [0.15, 0.2) is 0 Å². The highest BCUT2D eigenvalue weighted by Crippen LogP contribution is 2.51. The Labute approximate surface area is 259 Å². The standard InChI is InChI=1S/C34H45FN4O5/c1-32(2,3)43-30(41)38-13-11-34(12-14-38)18-24(19-34)21-7-8-22(27(35)17-21)15-25(20-36)37-29(40)28-23-9-10-26(16-23)39(28)31(42)44-33(4,5)6/h7-8,17-18,23,25-26,28H,9-16,19H2,1-6H3,(H,37,40). The number of ether oxygens (including phenoxy) is 2. The van der Waals surface area contributed by atoms with Gasteiger partial charge >= 0.3 is 12.2 Å². The highest BCUT2D eigenvalue weighted by molar-refractivity contribution is 5.87. The maximum absolute atomic E-state index is 15.3. The van der Waals surface area contributed by atoms with Crippen LogP contribution < -0.4 is 5.32 Å². The zero-order chi connectivity index (χ0) is 32.0. The zero-order valence-corrected chi connectivity index (χ0v) is 26.7. The van der Waals surface area contributed by atoms with Gasteiger partial charge in [-0.15, -0.1) is 0 Å². The average Bonchev–Trinajstić information content (AvgIpc) is 3.53. The minimum absolute atomic E-state index is 0.0189. The number of allylic oxidation sites excluding steroid dienone is 2. The van der Waals surface area contributed by atoms with Crippen LogP contribution in [-0.4, -0.2) is 70.3 Å². The summed E-state index contributed by atoms with van der Waals surface area (Å²) >= 11 is 0. The van der Waals surface area contributed by atoms with E-state index in [1.807, 2.05) is 26.8 Å². The van der Waals surface area contributed by atoms with Gasteiger partial charge < -0.3 is 19.7 Å². The first-order valence-corrected chi connectivity index (χ1v) is 15.8. The summed E-state index contributed by atoms with van der Waals surface area (Å²) < 4.78 is 26.4. The second-order valence-corrected chi connectivity index (χ2v) is 14.9. The third kappa shape index (κ3) is 6.87. The number of likely N-dealkylation sites (tertiary alicyclic amines) is 2. The molecule has 1 aromatic rings. The summed E-state index contributed by atoms with van der Waals surface area (Å²) in [5, 5.41) is 12.6. The molecule has 1 saturated carbocycles. The molecule has 0 aromatic heterocycles. The lowest BCUT2D eigenvalue weighted by atomic mass is 9.64. The molecule has 2 aliphatic heterocycles. The molecular formula is C34H45FN4O5. The fourth-order valence-electron chi connectivity index (χ4n) is 7.11. The number of fused-ring (bicyclic) bond motifs is 2. The second-order valence-electron chi connectivity index (χ2n) is 14.9. The summed E-state index contributed by atoms with van der Waals surface area (Å²) in [6, 6.07) is 5.46. The maximum atomic E-state index is 15.3. The Bertz CT molecular complexity index is 1380.